The highest BCUT2D eigenvalue weighted by atomic mass is 35.5. The molecule has 1 amide bonds. The van der Waals surface area contributed by atoms with E-state index in [9.17, 15) is 9.59 Å². The summed E-state index contributed by atoms with van der Waals surface area (Å²) in [4.78, 5) is 27.1. The molecular weight excluding hydrogens is 340 g/mol. The lowest BCUT2D eigenvalue weighted by Crippen LogP contribution is -2.06. The van der Waals surface area contributed by atoms with Gasteiger partial charge in [0.15, 0.2) is 5.13 Å². The van der Waals surface area contributed by atoms with Crippen LogP contribution in [-0.4, -0.2) is 16.9 Å². The monoisotopic (exact) mass is 350 g/mol. The molecule has 1 N–H and O–H groups in total. The number of fused-ring (bicyclic) bond motifs is 1. The molecule has 0 saturated heterocycles. The smallest absolute Gasteiger partial charge is 0.374 e. The van der Waals surface area contributed by atoms with Crippen molar-refractivity contribution in [1.29, 1.82) is 0 Å². The quantitative estimate of drug-likeness (QED) is 0.722. The molecule has 0 aliphatic heterocycles. The predicted molar refractivity (Wildman–Crippen MR) is 86.8 cm³/mol. The molecule has 3 rings (SSSR count). The minimum atomic E-state index is -0.591. The molecule has 0 bridgehead atoms. The van der Waals surface area contributed by atoms with E-state index in [0.717, 1.165) is 5.39 Å². The van der Waals surface area contributed by atoms with Gasteiger partial charge in [0, 0.05) is 22.7 Å². The SMILES string of the molecule is CC(=O)Nc1nc(COC(=O)c2cc3cc(Cl)ccc3o2)cs1. The second-order valence-corrected chi connectivity index (χ2v) is 5.99. The average Bonchev–Trinajstić information content (AvgIpc) is 3.10. The first-order valence-electron chi connectivity index (χ1n) is 6.59. The fourth-order valence-electron chi connectivity index (χ4n) is 1.91. The van der Waals surface area contributed by atoms with Crippen LogP contribution in [0.2, 0.25) is 5.02 Å². The molecule has 3 aromatic rings. The number of rotatable bonds is 4. The summed E-state index contributed by atoms with van der Waals surface area (Å²) in [5.74, 6) is -0.699. The Morgan fingerprint density at radius 3 is 3.00 bits per heavy atom. The Hall–Kier alpha value is -2.38. The second kappa shape index (κ2) is 6.39. The van der Waals surface area contributed by atoms with Gasteiger partial charge >= 0.3 is 5.97 Å². The maximum absolute atomic E-state index is 12.0. The van der Waals surface area contributed by atoms with Crippen LogP contribution in [0.1, 0.15) is 23.2 Å². The number of carbonyl (C=O) groups excluding carboxylic acids is 2. The van der Waals surface area contributed by atoms with E-state index in [1.54, 1.807) is 29.6 Å². The summed E-state index contributed by atoms with van der Waals surface area (Å²) < 4.78 is 10.6. The standard InChI is InChI=1S/C15H11ClN2O4S/c1-8(19)17-15-18-11(7-23-15)6-21-14(20)13-5-9-4-10(16)2-3-12(9)22-13/h2-5,7H,6H2,1H3,(H,17,18,19). The van der Waals surface area contributed by atoms with Gasteiger partial charge in [-0.25, -0.2) is 9.78 Å². The molecule has 0 spiro atoms. The fraction of sp³-hybridized carbons (Fsp3) is 0.133. The Morgan fingerprint density at radius 2 is 2.22 bits per heavy atom. The number of furan rings is 1. The van der Waals surface area contributed by atoms with Crippen LogP contribution in [0.15, 0.2) is 34.1 Å². The maximum atomic E-state index is 12.0. The van der Waals surface area contributed by atoms with Crippen molar-refractivity contribution in [2.24, 2.45) is 0 Å². The number of hydrogen-bond acceptors (Lipinski definition) is 6. The van der Waals surface area contributed by atoms with Crippen molar-refractivity contribution >= 4 is 50.9 Å². The summed E-state index contributed by atoms with van der Waals surface area (Å²) in [6.45, 7) is 1.39. The van der Waals surface area contributed by atoms with Crippen molar-refractivity contribution in [2.75, 3.05) is 5.32 Å². The van der Waals surface area contributed by atoms with Crippen LogP contribution in [0.3, 0.4) is 0 Å². The molecule has 0 saturated carbocycles. The van der Waals surface area contributed by atoms with Gasteiger partial charge in [-0.1, -0.05) is 11.6 Å². The lowest BCUT2D eigenvalue weighted by Gasteiger charge is -1.99. The van der Waals surface area contributed by atoms with Crippen molar-refractivity contribution in [1.82, 2.24) is 4.98 Å². The van der Waals surface area contributed by atoms with Gasteiger partial charge in [0.25, 0.3) is 0 Å². The molecule has 0 aliphatic carbocycles. The van der Waals surface area contributed by atoms with Crippen molar-refractivity contribution in [3.05, 3.63) is 46.1 Å². The van der Waals surface area contributed by atoms with Gasteiger partial charge in [-0.05, 0) is 24.3 Å². The number of nitrogens with zero attached hydrogens (tertiary/aromatic N) is 1. The molecular formula is C15H11ClN2O4S. The van der Waals surface area contributed by atoms with Crippen molar-refractivity contribution in [3.63, 3.8) is 0 Å². The number of halogens is 1. The van der Waals surface area contributed by atoms with Crippen LogP contribution in [0.25, 0.3) is 11.0 Å². The normalized spacial score (nSPS) is 10.7. The summed E-state index contributed by atoms with van der Waals surface area (Å²) in [5.41, 5.74) is 1.11. The molecule has 0 atom stereocenters. The van der Waals surface area contributed by atoms with Gasteiger partial charge < -0.3 is 14.5 Å². The molecule has 23 heavy (non-hydrogen) atoms. The topological polar surface area (TPSA) is 81.4 Å². The largest absolute Gasteiger partial charge is 0.453 e. The minimum absolute atomic E-state index is 0.00722. The lowest BCUT2D eigenvalue weighted by molar-refractivity contribution is -0.114. The fourth-order valence-corrected chi connectivity index (χ4v) is 2.83. The van der Waals surface area contributed by atoms with E-state index in [2.05, 4.69) is 10.3 Å². The van der Waals surface area contributed by atoms with Gasteiger partial charge in [0.05, 0.1) is 5.69 Å². The lowest BCUT2D eigenvalue weighted by atomic mass is 10.2. The average molecular weight is 351 g/mol. The Morgan fingerprint density at radius 1 is 1.39 bits per heavy atom. The number of hydrogen-bond donors (Lipinski definition) is 1. The first-order valence-corrected chi connectivity index (χ1v) is 7.85. The summed E-state index contributed by atoms with van der Waals surface area (Å²) in [6, 6.07) is 6.65. The number of amides is 1. The number of carbonyl (C=O) groups is 2. The maximum Gasteiger partial charge on any atom is 0.374 e. The summed E-state index contributed by atoms with van der Waals surface area (Å²) >= 11 is 7.15. The predicted octanol–water partition coefficient (Wildman–Crippen LogP) is 3.86. The Kier molecular flexibility index (Phi) is 4.31. The highest BCUT2D eigenvalue weighted by Crippen LogP contribution is 2.24. The highest BCUT2D eigenvalue weighted by molar-refractivity contribution is 7.13. The molecule has 1 aromatic carbocycles. The van der Waals surface area contributed by atoms with Crippen LogP contribution in [0, 0.1) is 0 Å². The van der Waals surface area contributed by atoms with Crippen LogP contribution in [-0.2, 0) is 16.1 Å². The van der Waals surface area contributed by atoms with E-state index in [-0.39, 0.29) is 18.3 Å². The zero-order chi connectivity index (χ0) is 16.4. The molecule has 6 nitrogen and oxygen atoms in total. The van der Waals surface area contributed by atoms with E-state index in [1.165, 1.54) is 18.3 Å². The van der Waals surface area contributed by atoms with Gasteiger partial charge in [0.2, 0.25) is 11.7 Å². The van der Waals surface area contributed by atoms with Gasteiger partial charge in [-0.2, -0.15) is 0 Å². The number of nitrogens with one attached hydrogen (secondary N) is 1. The number of ether oxygens (including phenoxy) is 1. The van der Waals surface area contributed by atoms with Crippen LogP contribution in [0.5, 0.6) is 0 Å². The third-order valence-corrected chi connectivity index (χ3v) is 3.91. The summed E-state index contributed by atoms with van der Waals surface area (Å²) in [7, 11) is 0. The minimum Gasteiger partial charge on any atom is -0.453 e. The van der Waals surface area contributed by atoms with Crippen LogP contribution >= 0.6 is 22.9 Å². The summed E-state index contributed by atoms with van der Waals surface area (Å²) in [6.07, 6.45) is 0. The Balaban J connectivity index is 1.66. The van der Waals surface area contributed by atoms with Crippen molar-refractivity contribution in [3.8, 4) is 0 Å². The Bertz CT molecular complexity index is 887. The van der Waals surface area contributed by atoms with Crippen molar-refractivity contribution < 1.29 is 18.7 Å². The summed E-state index contributed by atoms with van der Waals surface area (Å²) in [5, 5.41) is 6.02. The molecule has 0 radical (unpaired) electrons. The zero-order valence-electron chi connectivity index (χ0n) is 12.0. The molecule has 0 aliphatic rings. The van der Waals surface area contributed by atoms with Crippen LogP contribution in [0.4, 0.5) is 5.13 Å². The molecule has 2 aromatic heterocycles. The first kappa shape index (κ1) is 15.5. The third kappa shape index (κ3) is 3.69. The molecule has 118 valence electrons. The highest BCUT2D eigenvalue weighted by Gasteiger charge is 2.15. The Labute approximate surface area is 140 Å². The van der Waals surface area contributed by atoms with Gasteiger partial charge in [-0.15, -0.1) is 11.3 Å². The number of thiazole rings is 1. The number of aromatic nitrogens is 1. The van der Waals surface area contributed by atoms with E-state index in [4.69, 9.17) is 20.8 Å². The van der Waals surface area contributed by atoms with E-state index >= 15 is 0 Å². The third-order valence-electron chi connectivity index (χ3n) is 2.87. The number of anilines is 1. The number of esters is 1. The van der Waals surface area contributed by atoms with Gasteiger partial charge in [0.1, 0.15) is 12.2 Å². The molecule has 0 fully saturated rings. The number of benzene rings is 1. The first-order chi connectivity index (χ1) is 11.0. The van der Waals surface area contributed by atoms with Crippen LogP contribution < -0.4 is 5.32 Å². The van der Waals surface area contributed by atoms with E-state index < -0.39 is 5.97 Å². The molecule has 8 heteroatoms. The van der Waals surface area contributed by atoms with Crippen molar-refractivity contribution in [2.45, 2.75) is 13.5 Å². The second-order valence-electron chi connectivity index (χ2n) is 4.69. The molecule has 2 heterocycles. The zero-order valence-corrected chi connectivity index (χ0v) is 13.5. The van der Waals surface area contributed by atoms with E-state index in [1.807, 2.05) is 0 Å². The van der Waals surface area contributed by atoms with Gasteiger partial charge in [-0.3, -0.25) is 4.79 Å². The molecule has 0 unspecified atom stereocenters. The van der Waals surface area contributed by atoms with E-state index in [0.29, 0.717) is 21.4 Å².